The Bertz CT molecular complexity index is 904. The molecule has 2 N–H and O–H groups in total. The van der Waals surface area contributed by atoms with Crippen LogP contribution in [-0.2, 0) is 5.54 Å². The lowest BCUT2D eigenvalue weighted by atomic mass is 9.77. The Kier molecular flexibility index (Phi) is 2.51. The molecule has 7 nitrogen and oxygen atoms in total. The third-order valence-corrected chi connectivity index (χ3v) is 4.98. The normalized spacial score (nSPS) is 19.9. The van der Waals surface area contributed by atoms with Gasteiger partial charge in [0.25, 0.3) is 11.6 Å². The van der Waals surface area contributed by atoms with E-state index in [9.17, 15) is 0 Å². The van der Waals surface area contributed by atoms with Crippen molar-refractivity contribution in [2.75, 3.05) is 0 Å². The summed E-state index contributed by atoms with van der Waals surface area (Å²) in [4.78, 5) is 9.15. The van der Waals surface area contributed by atoms with Crippen LogP contribution in [0.1, 0.15) is 55.2 Å². The molecule has 0 aromatic carbocycles. The molecule has 3 heterocycles. The van der Waals surface area contributed by atoms with E-state index in [0.717, 1.165) is 54.4 Å². The molecule has 0 saturated heterocycles. The summed E-state index contributed by atoms with van der Waals surface area (Å²) >= 11 is 0. The Morgan fingerprint density at radius 1 is 1.17 bits per heavy atom. The van der Waals surface area contributed by atoms with Gasteiger partial charge in [0.05, 0.1) is 22.2 Å². The third kappa shape index (κ3) is 1.92. The Labute approximate surface area is 132 Å². The van der Waals surface area contributed by atoms with E-state index in [-0.39, 0.29) is 0 Å². The lowest BCUT2D eigenvalue weighted by Gasteiger charge is -2.34. The SMILES string of the molecule is Cc1noc2nc(C3CC3)cc(-c3nc(C4(N)CCC4)no3)c12. The first-order valence-corrected chi connectivity index (χ1v) is 8.04. The van der Waals surface area contributed by atoms with Gasteiger partial charge >= 0.3 is 0 Å². The largest absolute Gasteiger partial charge is 0.336 e. The molecule has 2 aliphatic rings. The molecule has 5 rings (SSSR count). The Balaban J connectivity index is 1.68. The Morgan fingerprint density at radius 2 is 2.00 bits per heavy atom. The van der Waals surface area contributed by atoms with E-state index >= 15 is 0 Å². The van der Waals surface area contributed by atoms with Crippen LogP contribution < -0.4 is 5.73 Å². The predicted molar refractivity (Wildman–Crippen MR) is 81.5 cm³/mol. The molecule has 0 unspecified atom stereocenters. The first-order chi connectivity index (χ1) is 11.1. The molecule has 0 atom stereocenters. The molecule has 0 aliphatic heterocycles. The highest BCUT2D eigenvalue weighted by molar-refractivity contribution is 5.91. The van der Waals surface area contributed by atoms with Crippen LogP contribution >= 0.6 is 0 Å². The standard InChI is InChI=1S/C16H17N5O2/c1-8-12-10(7-11(9-3-4-9)18-14(12)23-20-8)13-19-15(21-22-13)16(17)5-2-6-16/h7,9H,2-6,17H2,1H3. The number of pyridine rings is 1. The van der Waals surface area contributed by atoms with Gasteiger partial charge in [0.2, 0.25) is 0 Å². The van der Waals surface area contributed by atoms with Crippen LogP contribution in [0.5, 0.6) is 0 Å². The van der Waals surface area contributed by atoms with Crippen molar-refractivity contribution in [1.82, 2.24) is 20.3 Å². The highest BCUT2D eigenvalue weighted by atomic mass is 16.5. The van der Waals surface area contributed by atoms with Gasteiger partial charge in [-0.05, 0) is 45.1 Å². The Hall–Kier alpha value is -2.28. The van der Waals surface area contributed by atoms with Gasteiger partial charge in [-0.25, -0.2) is 4.98 Å². The molecule has 0 spiro atoms. The molecule has 118 valence electrons. The van der Waals surface area contributed by atoms with E-state index in [1.807, 2.05) is 13.0 Å². The van der Waals surface area contributed by atoms with Crippen molar-refractivity contribution in [2.45, 2.75) is 50.5 Å². The van der Waals surface area contributed by atoms with Gasteiger partial charge in [-0.2, -0.15) is 4.98 Å². The molecule has 0 bridgehead atoms. The van der Waals surface area contributed by atoms with E-state index < -0.39 is 5.54 Å². The second-order valence-corrected chi connectivity index (χ2v) is 6.75. The number of fused-ring (bicyclic) bond motifs is 1. The van der Waals surface area contributed by atoms with Crippen LogP contribution in [0.2, 0.25) is 0 Å². The van der Waals surface area contributed by atoms with Crippen LogP contribution in [-0.4, -0.2) is 20.3 Å². The molecule has 7 heteroatoms. The molecular formula is C16H17N5O2. The molecule has 0 amide bonds. The summed E-state index contributed by atoms with van der Waals surface area (Å²) in [6.45, 7) is 1.89. The van der Waals surface area contributed by atoms with Crippen molar-refractivity contribution in [3.8, 4) is 11.5 Å². The zero-order valence-electron chi connectivity index (χ0n) is 12.9. The van der Waals surface area contributed by atoms with Crippen LogP contribution in [0.25, 0.3) is 22.6 Å². The molecule has 3 aromatic rings. The minimum Gasteiger partial charge on any atom is -0.336 e. The van der Waals surface area contributed by atoms with E-state index in [4.69, 9.17) is 14.8 Å². The highest BCUT2D eigenvalue weighted by Crippen LogP contribution is 2.43. The quantitative estimate of drug-likeness (QED) is 0.793. The average molecular weight is 311 g/mol. The molecule has 2 saturated carbocycles. The predicted octanol–water partition coefficient (Wildman–Crippen LogP) is 2.80. The summed E-state index contributed by atoms with van der Waals surface area (Å²) in [5.41, 5.74) is 9.03. The van der Waals surface area contributed by atoms with Gasteiger partial charge in [-0.3, -0.25) is 0 Å². The number of nitrogens with two attached hydrogens (primary N) is 1. The molecule has 2 aliphatic carbocycles. The number of rotatable bonds is 3. The fourth-order valence-electron chi connectivity index (χ4n) is 3.19. The second kappa shape index (κ2) is 4.38. The van der Waals surface area contributed by atoms with Crippen LogP contribution in [0.15, 0.2) is 15.1 Å². The zero-order chi connectivity index (χ0) is 15.6. The summed E-state index contributed by atoms with van der Waals surface area (Å²) in [5, 5.41) is 8.99. The first-order valence-electron chi connectivity index (χ1n) is 8.04. The van der Waals surface area contributed by atoms with Crippen LogP contribution in [0, 0.1) is 6.92 Å². The minimum absolute atomic E-state index is 0.434. The summed E-state index contributed by atoms with van der Waals surface area (Å²) in [7, 11) is 0. The molecule has 2 fully saturated rings. The maximum Gasteiger partial charge on any atom is 0.259 e. The Morgan fingerprint density at radius 3 is 2.70 bits per heavy atom. The molecule has 3 aromatic heterocycles. The lowest BCUT2D eigenvalue weighted by Crippen LogP contribution is -2.44. The number of aryl methyl sites for hydroxylation is 1. The number of hydrogen-bond acceptors (Lipinski definition) is 7. The lowest BCUT2D eigenvalue weighted by molar-refractivity contribution is 0.229. The van der Waals surface area contributed by atoms with Gasteiger partial charge in [-0.15, -0.1) is 0 Å². The summed E-state index contributed by atoms with van der Waals surface area (Å²) in [5.74, 6) is 1.56. The van der Waals surface area contributed by atoms with Gasteiger partial charge in [-0.1, -0.05) is 10.3 Å². The fourth-order valence-corrected chi connectivity index (χ4v) is 3.19. The number of nitrogens with zero attached hydrogens (tertiary/aromatic N) is 4. The third-order valence-electron chi connectivity index (χ3n) is 4.98. The summed E-state index contributed by atoms with van der Waals surface area (Å²) < 4.78 is 10.9. The van der Waals surface area contributed by atoms with Crippen LogP contribution in [0.3, 0.4) is 0 Å². The summed E-state index contributed by atoms with van der Waals surface area (Å²) in [6.07, 6.45) is 5.23. The molecule has 0 radical (unpaired) electrons. The van der Waals surface area contributed by atoms with E-state index in [1.165, 1.54) is 0 Å². The van der Waals surface area contributed by atoms with E-state index in [0.29, 0.717) is 23.3 Å². The van der Waals surface area contributed by atoms with Crippen LogP contribution in [0.4, 0.5) is 0 Å². The average Bonchev–Trinajstić information content (AvgIpc) is 3.14. The highest BCUT2D eigenvalue weighted by Gasteiger charge is 2.39. The monoisotopic (exact) mass is 311 g/mol. The minimum atomic E-state index is -0.434. The number of hydrogen-bond donors (Lipinski definition) is 1. The van der Waals surface area contributed by atoms with E-state index in [1.54, 1.807) is 0 Å². The molecule has 23 heavy (non-hydrogen) atoms. The molecular weight excluding hydrogens is 294 g/mol. The maximum atomic E-state index is 6.30. The topological polar surface area (TPSA) is 104 Å². The van der Waals surface area contributed by atoms with Crippen molar-refractivity contribution in [1.29, 1.82) is 0 Å². The van der Waals surface area contributed by atoms with Gasteiger partial charge in [0, 0.05) is 11.6 Å². The van der Waals surface area contributed by atoms with Gasteiger partial charge in [0.1, 0.15) is 0 Å². The van der Waals surface area contributed by atoms with E-state index in [2.05, 4.69) is 20.3 Å². The summed E-state index contributed by atoms with van der Waals surface area (Å²) in [6, 6.07) is 2.03. The number of aromatic nitrogens is 4. The van der Waals surface area contributed by atoms with Crippen molar-refractivity contribution < 1.29 is 9.05 Å². The second-order valence-electron chi connectivity index (χ2n) is 6.75. The van der Waals surface area contributed by atoms with Crippen molar-refractivity contribution >= 4 is 11.1 Å². The van der Waals surface area contributed by atoms with Crippen molar-refractivity contribution in [3.05, 3.63) is 23.3 Å². The van der Waals surface area contributed by atoms with Gasteiger partial charge < -0.3 is 14.8 Å². The van der Waals surface area contributed by atoms with Crippen molar-refractivity contribution in [3.63, 3.8) is 0 Å². The van der Waals surface area contributed by atoms with Gasteiger partial charge in [0.15, 0.2) is 5.82 Å². The maximum absolute atomic E-state index is 6.30. The smallest absolute Gasteiger partial charge is 0.259 e. The zero-order valence-corrected chi connectivity index (χ0v) is 12.9. The first kappa shape index (κ1) is 13.2. The fraction of sp³-hybridized carbons (Fsp3) is 0.500. The van der Waals surface area contributed by atoms with Crippen molar-refractivity contribution in [2.24, 2.45) is 5.73 Å².